The third-order valence-corrected chi connectivity index (χ3v) is 6.36. The molecule has 3 aromatic carbocycles. The molecule has 3 rings (SSSR count). The number of hydrogen-bond donors (Lipinski definition) is 1. The minimum Gasteiger partial charge on any atom is -0.481 e. The second-order valence-corrected chi connectivity index (χ2v) is 10.8. The smallest absolute Gasteiger partial charge is 0.307 e. The minimum atomic E-state index is -3.20. The van der Waals surface area contributed by atoms with Crippen LogP contribution in [0, 0.1) is 0 Å². The van der Waals surface area contributed by atoms with Crippen molar-refractivity contribution in [3.8, 4) is 11.5 Å². The van der Waals surface area contributed by atoms with Crippen molar-refractivity contribution in [1.29, 1.82) is 0 Å². The number of hydrogen-bond acceptors (Lipinski definition) is 5. The predicted octanol–water partition coefficient (Wildman–Crippen LogP) is 3.89. The van der Waals surface area contributed by atoms with Crippen LogP contribution in [0.3, 0.4) is 0 Å². The van der Waals surface area contributed by atoms with E-state index in [2.05, 4.69) is 0 Å². The van der Waals surface area contributed by atoms with Crippen LogP contribution < -0.4 is 4.74 Å². The van der Waals surface area contributed by atoms with Gasteiger partial charge in [-0.2, -0.15) is 0 Å². The molecule has 0 aliphatic rings. The number of sulfone groups is 1. The summed E-state index contributed by atoms with van der Waals surface area (Å²) >= 11 is 0. The Bertz CT molecular complexity index is 1270. The van der Waals surface area contributed by atoms with Gasteiger partial charge in [0.25, 0.3) is 0 Å². The summed E-state index contributed by atoms with van der Waals surface area (Å²) in [6.07, 6.45) is 1.47. The normalized spacial score (nSPS) is 11.1. The zero-order chi connectivity index (χ0) is 25.4. The summed E-state index contributed by atoms with van der Waals surface area (Å²) in [5.74, 6) is -0.0382. The van der Waals surface area contributed by atoms with Gasteiger partial charge >= 0.3 is 5.97 Å². The van der Waals surface area contributed by atoms with Gasteiger partial charge in [-0.15, -0.1) is 0 Å². The molecule has 0 radical (unpaired) electrons. The van der Waals surface area contributed by atoms with Gasteiger partial charge in [0.15, 0.2) is 0 Å². The van der Waals surface area contributed by atoms with Gasteiger partial charge in [-0.3, -0.25) is 9.59 Å². The number of carboxylic acids is 1. The Kier molecular flexibility index (Phi) is 8.65. The molecule has 0 fully saturated rings. The number of rotatable bonds is 11. The number of ether oxygens (including phenoxy) is 1. The van der Waals surface area contributed by atoms with Crippen LogP contribution >= 0.6 is 0 Å². The Hall–Kier alpha value is -3.65. The van der Waals surface area contributed by atoms with Crippen molar-refractivity contribution in [2.45, 2.75) is 25.8 Å². The molecule has 0 heterocycles. The van der Waals surface area contributed by atoms with Crippen molar-refractivity contribution < 1.29 is 27.9 Å². The third-order valence-electron chi connectivity index (χ3n) is 5.42. The summed E-state index contributed by atoms with van der Waals surface area (Å²) in [6, 6.07) is 21.9. The molecule has 35 heavy (non-hydrogen) atoms. The lowest BCUT2D eigenvalue weighted by molar-refractivity contribution is -0.136. The Morgan fingerprint density at radius 3 is 2.17 bits per heavy atom. The van der Waals surface area contributed by atoms with Crippen LogP contribution in [0.15, 0.2) is 72.8 Å². The van der Waals surface area contributed by atoms with Crippen LogP contribution in [-0.2, 0) is 45.2 Å². The lowest BCUT2D eigenvalue weighted by Gasteiger charge is -2.17. The Balaban J connectivity index is 1.67. The summed E-state index contributed by atoms with van der Waals surface area (Å²) in [4.78, 5) is 25.4. The highest BCUT2D eigenvalue weighted by Gasteiger charge is 2.13. The molecule has 0 spiro atoms. The highest BCUT2D eigenvalue weighted by Crippen LogP contribution is 2.28. The van der Waals surface area contributed by atoms with Crippen molar-refractivity contribution in [3.05, 3.63) is 95.1 Å². The van der Waals surface area contributed by atoms with Crippen molar-refractivity contribution in [2.24, 2.45) is 0 Å². The first kappa shape index (κ1) is 26.0. The molecule has 8 heteroatoms. The van der Waals surface area contributed by atoms with E-state index in [-0.39, 0.29) is 30.9 Å². The van der Waals surface area contributed by atoms with E-state index in [1.54, 1.807) is 42.3 Å². The molecule has 1 amide bonds. The molecule has 0 bridgehead atoms. The first-order chi connectivity index (χ1) is 16.6. The van der Waals surface area contributed by atoms with Gasteiger partial charge in [-0.05, 0) is 46.9 Å². The molecule has 1 N–H and O–H groups in total. The van der Waals surface area contributed by atoms with E-state index in [0.717, 1.165) is 17.4 Å². The summed E-state index contributed by atoms with van der Waals surface area (Å²) in [7, 11) is -1.42. The van der Waals surface area contributed by atoms with Gasteiger partial charge in [0.05, 0.1) is 18.6 Å². The number of carbonyl (C=O) groups is 2. The molecular formula is C27H29NO6S. The fourth-order valence-electron chi connectivity index (χ4n) is 3.57. The van der Waals surface area contributed by atoms with E-state index in [9.17, 15) is 18.0 Å². The summed E-state index contributed by atoms with van der Waals surface area (Å²) in [6.45, 7) is 0.537. The van der Waals surface area contributed by atoms with E-state index in [1.807, 2.05) is 42.5 Å². The van der Waals surface area contributed by atoms with Crippen LogP contribution in [0.5, 0.6) is 11.5 Å². The SMILES string of the molecule is CN(Cc1ccccc1)C(=O)Cc1ccc(Oc2ccc(CC(=O)O)cc2CCS(C)(=O)=O)cc1. The van der Waals surface area contributed by atoms with Crippen molar-refractivity contribution in [3.63, 3.8) is 0 Å². The molecule has 184 valence electrons. The zero-order valence-electron chi connectivity index (χ0n) is 19.8. The van der Waals surface area contributed by atoms with E-state index < -0.39 is 15.8 Å². The molecule has 0 unspecified atom stereocenters. The molecule has 0 aromatic heterocycles. The number of aryl methyl sites for hydroxylation is 1. The maximum Gasteiger partial charge on any atom is 0.307 e. The Labute approximate surface area is 205 Å². The summed E-state index contributed by atoms with van der Waals surface area (Å²) < 4.78 is 29.3. The maximum atomic E-state index is 12.6. The zero-order valence-corrected chi connectivity index (χ0v) is 20.6. The van der Waals surface area contributed by atoms with Crippen LogP contribution in [0.25, 0.3) is 0 Å². The minimum absolute atomic E-state index is 0.000369. The highest BCUT2D eigenvalue weighted by molar-refractivity contribution is 7.90. The second kappa shape index (κ2) is 11.7. The summed E-state index contributed by atoms with van der Waals surface area (Å²) in [5, 5.41) is 9.06. The number of carboxylic acid groups (broad SMARTS) is 1. The quantitative estimate of drug-likeness (QED) is 0.433. The fourth-order valence-corrected chi connectivity index (χ4v) is 4.16. The monoisotopic (exact) mass is 495 g/mol. The Morgan fingerprint density at radius 1 is 0.886 bits per heavy atom. The molecule has 0 atom stereocenters. The highest BCUT2D eigenvalue weighted by atomic mass is 32.2. The standard InChI is InChI=1S/C27H29NO6S/c1-28(19-21-6-4-3-5-7-21)26(29)17-20-8-11-24(12-9-20)34-25-13-10-22(18-27(30)31)16-23(25)14-15-35(2,32)33/h3-13,16H,14-15,17-19H2,1-2H3,(H,30,31). The van der Waals surface area contributed by atoms with Gasteiger partial charge in [-0.25, -0.2) is 8.42 Å². The number of carbonyl (C=O) groups excluding carboxylic acids is 1. The van der Waals surface area contributed by atoms with Gasteiger partial charge in [-0.1, -0.05) is 54.6 Å². The number of aliphatic carboxylic acids is 1. The predicted molar refractivity (Wildman–Crippen MR) is 134 cm³/mol. The number of nitrogens with zero attached hydrogens (tertiary/aromatic N) is 1. The number of amides is 1. The van der Waals surface area contributed by atoms with Crippen LogP contribution in [0.1, 0.15) is 22.3 Å². The molecule has 0 aliphatic carbocycles. The number of likely N-dealkylation sites (N-methyl/N-ethyl adjacent to an activating group) is 1. The van der Waals surface area contributed by atoms with Crippen LogP contribution in [0.2, 0.25) is 0 Å². The largest absolute Gasteiger partial charge is 0.481 e. The lowest BCUT2D eigenvalue weighted by Crippen LogP contribution is -2.27. The fraction of sp³-hybridized carbons (Fsp3) is 0.259. The van der Waals surface area contributed by atoms with Crippen molar-refractivity contribution >= 4 is 21.7 Å². The molecular weight excluding hydrogens is 466 g/mol. The van der Waals surface area contributed by atoms with Crippen molar-refractivity contribution in [1.82, 2.24) is 4.90 Å². The van der Waals surface area contributed by atoms with Gasteiger partial charge in [0.2, 0.25) is 5.91 Å². The van der Waals surface area contributed by atoms with Gasteiger partial charge in [0, 0.05) is 19.8 Å². The first-order valence-corrected chi connectivity index (χ1v) is 13.2. The molecule has 0 saturated heterocycles. The lowest BCUT2D eigenvalue weighted by atomic mass is 10.1. The summed E-state index contributed by atoms with van der Waals surface area (Å²) in [5.41, 5.74) is 3.10. The average molecular weight is 496 g/mol. The van der Waals surface area contributed by atoms with E-state index in [4.69, 9.17) is 9.84 Å². The van der Waals surface area contributed by atoms with E-state index in [0.29, 0.717) is 29.2 Å². The first-order valence-electron chi connectivity index (χ1n) is 11.1. The third kappa shape index (κ3) is 8.57. The van der Waals surface area contributed by atoms with Crippen molar-refractivity contribution in [2.75, 3.05) is 19.1 Å². The molecule has 0 saturated carbocycles. The molecule has 7 nitrogen and oxygen atoms in total. The molecule has 0 aliphatic heterocycles. The Morgan fingerprint density at radius 2 is 1.54 bits per heavy atom. The van der Waals surface area contributed by atoms with Gasteiger partial charge < -0.3 is 14.7 Å². The maximum absolute atomic E-state index is 12.6. The van der Waals surface area contributed by atoms with Crippen LogP contribution in [-0.4, -0.2) is 49.4 Å². The molecule has 3 aromatic rings. The number of benzene rings is 3. The average Bonchev–Trinajstić information content (AvgIpc) is 2.80. The second-order valence-electron chi connectivity index (χ2n) is 8.55. The van der Waals surface area contributed by atoms with Crippen LogP contribution in [0.4, 0.5) is 0 Å². The topological polar surface area (TPSA) is 101 Å². The van der Waals surface area contributed by atoms with E-state index in [1.165, 1.54) is 0 Å². The van der Waals surface area contributed by atoms with E-state index >= 15 is 0 Å². The van der Waals surface area contributed by atoms with Gasteiger partial charge in [0.1, 0.15) is 21.3 Å².